The fourth-order valence-electron chi connectivity index (χ4n) is 3.45. The number of halogens is 1. The van der Waals surface area contributed by atoms with Crippen LogP contribution < -0.4 is 0 Å². The molecule has 1 aliphatic heterocycles. The van der Waals surface area contributed by atoms with Crippen LogP contribution in [0.15, 0.2) is 24.3 Å². The largest absolute Gasteiger partial charge is 0.297 e. The molecule has 1 saturated heterocycles. The highest BCUT2D eigenvalue weighted by Crippen LogP contribution is 2.39. The Bertz CT molecular complexity index is 994. The quantitative estimate of drug-likeness (QED) is 0.727. The highest BCUT2D eigenvalue weighted by molar-refractivity contribution is 7.91. The molecular weight excluding hydrogens is 375 g/mol. The summed E-state index contributed by atoms with van der Waals surface area (Å²) in [6, 6.07) is 6.80. The lowest BCUT2D eigenvalue weighted by Gasteiger charge is -2.22. The summed E-state index contributed by atoms with van der Waals surface area (Å²) in [5.74, 6) is 0.616. The maximum atomic E-state index is 14.3. The number of aromatic nitrogens is 3. The van der Waals surface area contributed by atoms with Gasteiger partial charge in [0.05, 0.1) is 23.7 Å². The first-order chi connectivity index (χ1) is 12.4. The second-order valence-electron chi connectivity index (χ2n) is 7.14. The average Bonchev–Trinajstić information content (AvgIpc) is 3.28. The number of rotatable bonds is 5. The molecule has 6 nitrogen and oxygen atoms in total. The van der Waals surface area contributed by atoms with Gasteiger partial charge in [0.15, 0.2) is 20.4 Å². The molecule has 1 aromatic heterocycles. The summed E-state index contributed by atoms with van der Waals surface area (Å²) >= 11 is 5.61. The molecule has 4 rings (SSSR count). The van der Waals surface area contributed by atoms with Gasteiger partial charge in [0.2, 0.25) is 0 Å². The zero-order chi connectivity index (χ0) is 18.5. The second-order valence-corrected chi connectivity index (χ2v) is 9.74. The van der Waals surface area contributed by atoms with Gasteiger partial charge in [-0.05, 0) is 50.7 Å². The molecule has 0 amide bonds. The maximum Gasteiger partial charge on any atom is 0.199 e. The summed E-state index contributed by atoms with van der Waals surface area (Å²) in [6.07, 6.45) is 2.64. The van der Waals surface area contributed by atoms with Crippen molar-refractivity contribution in [1.82, 2.24) is 19.2 Å². The van der Waals surface area contributed by atoms with Crippen molar-refractivity contribution in [1.29, 1.82) is 0 Å². The van der Waals surface area contributed by atoms with E-state index in [1.54, 1.807) is 22.9 Å². The van der Waals surface area contributed by atoms with Crippen molar-refractivity contribution in [2.75, 3.05) is 18.6 Å². The van der Waals surface area contributed by atoms with Crippen LogP contribution in [0.25, 0.3) is 11.4 Å². The Balaban J connectivity index is 1.67. The van der Waals surface area contributed by atoms with Crippen molar-refractivity contribution in [3.05, 3.63) is 34.9 Å². The third-order valence-corrected chi connectivity index (χ3v) is 7.24. The molecule has 2 fully saturated rings. The predicted octanol–water partition coefficient (Wildman–Crippen LogP) is 2.63. The Morgan fingerprint density at radius 1 is 1.31 bits per heavy atom. The predicted molar refractivity (Wildman–Crippen MR) is 99.5 cm³/mol. The number of benzene rings is 1. The molecule has 1 saturated carbocycles. The minimum Gasteiger partial charge on any atom is -0.297 e. The molecule has 26 heavy (non-hydrogen) atoms. The van der Waals surface area contributed by atoms with E-state index in [0.29, 0.717) is 29.2 Å². The van der Waals surface area contributed by atoms with Crippen molar-refractivity contribution in [2.45, 2.75) is 38.0 Å². The molecule has 9 heteroatoms. The fourth-order valence-corrected chi connectivity index (χ4v) is 5.59. The van der Waals surface area contributed by atoms with Gasteiger partial charge >= 0.3 is 0 Å². The molecule has 0 spiro atoms. The summed E-state index contributed by atoms with van der Waals surface area (Å²) in [4.78, 5) is 1.97. The van der Waals surface area contributed by atoms with Gasteiger partial charge in [-0.2, -0.15) is 5.10 Å². The molecular formula is C17H21FN4O2S2. The van der Waals surface area contributed by atoms with E-state index in [0.717, 1.165) is 12.8 Å². The topological polar surface area (TPSA) is 60.1 Å². The highest BCUT2D eigenvalue weighted by Gasteiger charge is 2.33. The van der Waals surface area contributed by atoms with Crippen molar-refractivity contribution in [2.24, 2.45) is 0 Å². The molecule has 1 unspecified atom stereocenters. The second kappa shape index (κ2) is 6.54. The fraction of sp³-hybridized carbons (Fsp3) is 0.529. The lowest BCUT2D eigenvalue weighted by Crippen LogP contribution is -2.34. The van der Waals surface area contributed by atoms with Crippen LogP contribution in [0.1, 0.15) is 25.3 Å². The molecule has 1 atom stereocenters. The van der Waals surface area contributed by atoms with Crippen molar-refractivity contribution in [3.63, 3.8) is 0 Å². The van der Waals surface area contributed by atoms with Gasteiger partial charge < -0.3 is 0 Å². The van der Waals surface area contributed by atoms with Gasteiger partial charge in [-0.15, -0.1) is 0 Å². The third-order valence-electron chi connectivity index (χ3n) is 5.09. The molecule has 1 aromatic carbocycles. The monoisotopic (exact) mass is 396 g/mol. The van der Waals surface area contributed by atoms with Crippen LogP contribution in [0.2, 0.25) is 0 Å². The normalized spacial score (nSPS) is 22.2. The third kappa shape index (κ3) is 3.35. The minimum atomic E-state index is -2.95. The van der Waals surface area contributed by atoms with Crippen molar-refractivity contribution >= 4 is 22.1 Å². The summed E-state index contributed by atoms with van der Waals surface area (Å²) in [6.45, 7) is 0.389. The van der Waals surface area contributed by atoms with Crippen LogP contribution in [0, 0.1) is 10.6 Å². The van der Waals surface area contributed by atoms with E-state index < -0.39 is 9.84 Å². The number of hydrogen-bond donors (Lipinski definition) is 0. The van der Waals surface area contributed by atoms with Gasteiger partial charge in [0.25, 0.3) is 0 Å². The SMILES string of the molecule is CN(Cn1nc(-c2ccccc2F)n(C2CC2)c1=S)C1CCS(=O)(=O)C1. The molecule has 0 radical (unpaired) electrons. The Morgan fingerprint density at radius 2 is 2.04 bits per heavy atom. The van der Waals surface area contributed by atoms with Crippen molar-refractivity contribution in [3.8, 4) is 11.4 Å². The summed E-state index contributed by atoms with van der Waals surface area (Å²) < 4.78 is 41.9. The van der Waals surface area contributed by atoms with E-state index in [1.165, 1.54) is 6.07 Å². The van der Waals surface area contributed by atoms with Gasteiger partial charge in [-0.1, -0.05) is 12.1 Å². The molecule has 1 aliphatic carbocycles. The number of sulfone groups is 1. The lowest BCUT2D eigenvalue weighted by atomic mass is 10.2. The van der Waals surface area contributed by atoms with Crippen LogP contribution in [0.3, 0.4) is 0 Å². The smallest absolute Gasteiger partial charge is 0.199 e. The van der Waals surface area contributed by atoms with E-state index in [9.17, 15) is 12.8 Å². The first kappa shape index (κ1) is 17.8. The Kier molecular flexibility index (Phi) is 4.48. The first-order valence-corrected chi connectivity index (χ1v) is 10.9. The Morgan fingerprint density at radius 3 is 2.65 bits per heavy atom. The Labute approximate surface area is 157 Å². The maximum absolute atomic E-state index is 14.3. The number of nitrogens with zero attached hydrogens (tertiary/aromatic N) is 4. The van der Waals surface area contributed by atoms with Crippen LogP contribution in [0.4, 0.5) is 4.39 Å². The van der Waals surface area contributed by atoms with E-state index >= 15 is 0 Å². The highest BCUT2D eigenvalue weighted by atomic mass is 32.2. The van der Waals surface area contributed by atoms with E-state index in [4.69, 9.17) is 12.2 Å². The van der Waals surface area contributed by atoms with Crippen LogP contribution in [-0.2, 0) is 16.5 Å². The summed E-state index contributed by atoms with van der Waals surface area (Å²) in [5.41, 5.74) is 0.440. The zero-order valence-electron chi connectivity index (χ0n) is 14.5. The Hall–Kier alpha value is -1.58. The molecule has 0 N–H and O–H groups in total. The minimum absolute atomic E-state index is 0.0371. The van der Waals surface area contributed by atoms with Gasteiger partial charge in [-0.25, -0.2) is 17.5 Å². The molecule has 2 aromatic rings. The van der Waals surface area contributed by atoms with E-state index in [-0.39, 0.29) is 29.4 Å². The first-order valence-electron chi connectivity index (χ1n) is 8.70. The van der Waals surface area contributed by atoms with Gasteiger partial charge in [0, 0.05) is 12.1 Å². The van der Waals surface area contributed by atoms with Gasteiger partial charge in [0.1, 0.15) is 5.82 Å². The van der Waals surface area contributed by atoms with Crippen LogP contribution >= 0.6 is 12.2 Å². The van der Waals surface area contributed by atoms with Crippen LogP contribution in [0.5, 0.6) is 0 Å². The molecule has 140 valence electrons. The van der Waals surface area contributed by atoms with Crippen LogP contribution in [-0.4, -0.2) is 52.3 Å². The molecule has 2 aliphatic rings. The molecule has 0 bridgehead atoms. The lowest BCUT2D eigenvalue weighted by molar-refractivity contribution is 0.196. The zero-order valence-corrected chi connectivity index (χ0v) is 16.1. The van der Waals surface area contributed by atoms with E-state index in [2.05, 4.69) is 5.10 Å². The van der Waals surface area contributed by atoms with E-state index in [1.807, 2.05) is 16.5 Å². The summed E-state index contributed by atoms with van der Waals surface area (Å²) in [7, 11) is -1.07. The average molecular weight is 397 g/mol. The standard InChI is InChI=1S/C17H21FN4O2S2/c1-20(13-8-9-26(23,24)10-13)11-21-17(25)22(12-6-7-12)16(19-21)14-4-2-3-5-15(14)18/h2-5,12-13H,6-11H2,1H3. The summed E-state index contributed by atoms with van der Waals surface area (Å²) in [5, 5.41) is 4.59. The molecule has 2 heterocycles. The number of hydrogen-bond acceptors (Lipinski definition) is 5. The van der Waals surface area contributed by atoms with Crippen molar-refractivity contribution < 1.29 is 12.8 Å². The van der Waals surface area contributed by atoms with Gasteiger partial charge in [-0.3, -0.25) is 9.47 Å².